The van der Waals surface area contributed by atoms with E-state index in [2.05, 4.69) is 0 Å². The second kappa shape index (κ2) is 10.6. The Morgan fingerprint density at radius 1 is 0.972 bits per heavy atom. The van der Waals surface area contributed by atoms with Gasteiger partial charge in [0.15, 0.2) is 0 Å². The number of aliphatic hydroxyl groups is 1. The van der Waals surface area contributed by atoms with Gasteiger partial charge < -0.3 is 14.7 Å². The fraction of sp³-hybridized carbons (Fsp3) is 0.179. The Morgan fingerprint density at radius 3 is 2.31 bits per heavy atom. The van der Waals surface area contributed by atoms with E-state index in [0.29, 0.717) is 21.7 Å². The van der Waals surface area contributed by atoms with E-state index in [1.165, 1.54) is 17.0 Å². The first kappa shape index (κ1) is 25.5. The molecule has 0 aliphatic carbocycles. The molecule has 1 fully saturated rings. The SMILES string of the molecule is CCOC(=O)c1ccc(CN2C(=O)C(=O)/C(=C(\O)c3ccc(Cl)c(Cl)c3)C2c2cccc(C)c2)cc1. The average Bonchev–Trinajstić information content (AvgIpc) is 3.11. The van der Waals surface area contributed by atoms with Crippen molar-refractivity contribution in [2.24, 2.45) is 0 Å². The number of benzene rings is 3. The van der Waals surface area contributed by atoms with Gasteiger partial charge in [0.2, 0.25) is 0 Å². The van der Waals surface area contributed by atoms with Crippen LogP contribution in [0.15, 0.2) is 72.3 Å². The number of nitrogens with zero attached hydrogens (tertiary/aromatic N) is 1. The summed E-state index contributed by atoms with van der Waals surface area (Å²) in [5.41, 5.74) is 2.95. The van der Waals surface area contributed by atoms with Crippen LogP contribution in [0, 0.1) is 6.92 Å². The van der Waals surface area contributed by atoms with E-state index in [9.17, 15) is 19.5 Å². The molecule has 1 amide bonds. The van der Waals surface area contributed by atoms with Crippen LogP contribution in [0.25, 0.3) is 5.76 Å². The summed E-state index contributed by atoms with van der Waals surface area (Å²) < 4.78 is 5.02. The summed E-state index contributed by atoms with van der Waals surface area (Å²) in [5.74, 6) is -2.31. The molecule has 1 unspecified atom stereocenters. The number of carbonyl (C=O) groups excluding carboxylic acids is 3. The maximum atomic E-state index is 13.2. The Hall–Kier alpha value is -3.61. The number of halogens is 2. The molecule has 1 aliphatic rings. The second-order valence-electron chi connectivity index (χ2n) is 8.39. The Bertz CT molecular complexity index is 1380. The fourth-order valence-electron chi connectivity index (χ4n) is 4.19. The molecular weight excluding hydrogens is 501 g/mol. The van der Waals surface area contributed by atoms with Crippen LogP contribution in [0.4, 0.5) is 0 Å². The van der Waals surface area contributed by atoms with Gasteiger partial charge in [0, 0.05) is 12.1 Å². The van der Waals surface area contributed by atoms with Crippen LogP contribution < -0.4 is 0 Å². The lowest BCUT2D eigenvalue weighted by molar-refractivity contribution is -0.140. The van der Waals surface area contributed by atoms with Crippen LogP contribution in [-0.2, 0) is 20.9 Å². The number of aryl methyl sites for hydroxylation is 1. The van der Waals surface area contributed by atoms with E-state index < -0.39 is 23.7 Å². The first-order valence-corrected chi connectivity index (χ1v) is 12.0. The van der Waals surface area contributed by atoms with Gasteiger partial charge in [-0.3, -0.25) is 9.59 Å². The van der Waals surface area contributed by atoms with Crippen molar-refractivity contribution in [3.05, 3.63) is 110 Å². The lowest BCUT2D eigenvalue weighted by Crippen LogP contribution is -2.29. The third-order valence-electron chi connectivity index (χ3n) is 5.91. The molecule has 0 bridgehead atoms. The predicted octanol–water partition coefficient (Wildman–Crippen LogP) is 6.10. The van der Waals surface area contributed by atoms with Crippen molar-refractivity contribution >= 4 is 46.6 Å². The number of aliphatic hydroxyl groups excluding tert-OH is 1. The zero-order valence-corrected chi connectivity index (χ0v) is 21.1. The Kier molecular flexibility index (Phi) is 7.48. The van der Waals surface area contributed by atoms with E-state index in [1.807, 2.05) is 31.2 Å². The van der Waals surface area contributed by atoms with Gasteiger partial charge in [-0.2, -0.15) is 0 Å². The van der Waals surface area contributed by atoms with Crippen LogP contribution in [0.5, 0.6) is 0 Å². The Morgan fingerprint density at radius 2 is 1.67 bits per heavy atom. The number of Topliss-reactive ketones (excluding diaryl/α,β-unsaturated/α-hetero) is 1. The number of ketones is 1. The molecule has 1 heterocycles. The van der Waals surface area contributed by atoms with E-state index in [1.54, 1.807) is 37.3 Å². The molecule has 4 rings (SSSR count). The fourth-order valence-corrected chi connectivity index (χ4v) is 4.48. The highest BCUT2D eigenvalue weighted by atomic mass is 35.5. The third-order valence-corrected chi connectivity index (χ3v) is 6.65. The number of rotatable bonds is 6. The standard InChI is InChI=1S/C28H23Cl2NO5/c1-3-36-28(35)18-9-7-17(8-10-18)15-31-24(19-6-4-5-16(2)13-19)23(26(33)27(31)34)25(32)20-11-12-21(29)22(30)14-20/h4-14,24,32H,3,15H2,1-2H3/b25-23-. The molecule has 0 radical (unpaired) electrons. The van der Waals surface area contributed by atoms with Gasteiger partial charge in [-0.05, 0) is 55.3 Å². The van der Waals surface area contributed by atoms with E-state index in [4.69, 9.17) is 27.9 Å². The highest BCUT2D eigenvalue weighted by molar-refractivity contribution is 6.46. The monoisotopic (exact) mass is 523 g/mol. The molecule has 3 aromatic rings. The minimum Gasteiger partial charge on any atom is -0.507 e. The summed E-state index contributed by atoms with van der Waals surface area (Å²) in [6, 6.07) is 17.7. The summed E-state index contributed by atoms with van der Waals surface area (Å²) in [6.45, 7) is 3.99. The molecule has 0 aromatic heterocycles. The minimum absolute atomic E-state index is 0.0351. The topological polar surface area (TPSA) is 83.9 Å². The first-order valence-electron chi connectivity index (χ1n) is 11.3. The predicted molar refractivity (Wildman–Crippen MR) is 138 cm³/mol. The molecular formula is C28H23Cl2NO5. The van der Waals surface area contributed by atoms with Crippen molar-refractivity contribution in [1.29, 1.82) is 0 Å². The van der Waals surface area contributed by atoms with Crippen molar-refractivity contribution in [2.45, 2.75) is 26.4 Å². The van der Waals surface area contributed by atoms with Crippen molar-refractivity contribution < 1.29 is 24.2 Å². The van der Waals surface area contributed by atoms with Crippen molar-refractivity contribution in [3.8, 4) is 0 Å². The summed E-state index contributed by atoms with van der Waals surface area (Å²) in [5, 5.41) is 11.7. The summed E-state index contributed by atoms with van der Waals surface area (Å²) in [6.07, 6.45) is 0. The van der Waals surface area contributed by atoms with Crippen molar-refractivity contribution in [1.82, 2.24) is 4.90 Å². The second-order valence-corrected chi connectivity index (χ2v) is 9.20. The van der Waals surface area contributed by atoms with Gasteiger partial charge in [0.25, 0.3) is 11.7 Å². The van der Waals surface area contributed by atoms with Gasteiger partial charge in [-0.15, -0.1) is 0 Å². The molecule has 0 saturated carbocycles. The van der Waals surface area contributed by atoms with Gasteiger partial charge in [-0.1, -0.05) is 65.2 Å². The van der Waals surface area contributed by atoms with Gasteiger partial charge in [-0.25, -0.2) is 4.79 Å². The van der Waals surface area contributed by atoms with Crippen molar-refractivity contribution in [2.75, 3.05) is 6.61 Å². The molecule has 1 N–H and O–H groups in total. The van der Waals surface area contributed by atoms with Crippen LogP contribution in [0.1, 0.15) is 45.6 Å². The normalized spacial score (nSPS) is 16.9. The molecule has 3 aromatic carbocycles. The molecule has 8 heteroatoms. The maximum absolute atomic E-state index is 13.2. The third kappa shape index (κ3) is 5.01. The average molecular weight is 524 g/mol. The lowest BCUT2D eigenvalue weighted by atomic mass is 9.94. The van der Waals surface area contributed by atoms with Gasteiger partial charge >= 0.3 is 5.97 Å². The number of amides is 1. The van der Waals surface area contributed by atoms with E-state index in [0.717, 1.165) is 5.56 Å². The summed E-state index contributed by atoms with van der Waals surface area (Å²) >= 11 is 12.1. The van der Waals surface area contributed by atoms with Crippen LogP contribution >= 0.6 is 23.2 Å². The quantitative estimate of drug-likeness (QED) is 0.182. The Balaban J connectivity index is 1.78. The van der Waals surface area contributed by atoms with Crippen molar-refractivity contribution in [3.63, 3.8) is 0 Å². The number of hydrogen-bond acceptors (Lipinski definition) is 5. The smallest absolute Gasteiger partial charge is 0.338 e. The van der Waals surface area contributed by atoms with E-state index >= 15 is 0 Å². The summed E-state index contributed by atoms with van der Waals surface area (Å²) in [4.78, 5) is 39.8. The minimum atomic E-state index is -0.830. The van der Waals surface area contributed by atoms with Gasteiger partial charge in [0.05, 0.1) is 33.8 Å². The van der Waals surface area contributed by atoms with E-state index in [-0.39, 0.29) is 35.1 Å². The number of esters is 1. The highest BCUT2D eigenvalue weighted by Crippen LogP contribution is 2.41. The zero-order chi connectivity index (χ0) is 26.0. The lowest BCUT2D eigenvalue weighted by Gasteiger charge is -2.26. The number of carbonyl (C=O) groups is 3. The molecule has 184 valence electrons. The van der Waals surface area contributed by atoms with Gasteiger partial charge in [0.1, 0.15) is 5.76 Å². The number of ether oxygens (including phenoxy) is 1. The number of likely N-dealkylation sites (tertiary alicyclic amines) is 1. The molecule has 6 nitrogen and oxygen atoms in total. The highest BCUT2D eigenvalue weighted by Gasteiger charge is 2.46. The van der Waals surface area contributed by atoms with Crippen LogP contribution in [0.2, 0.25) is 10.0 Å². The molecule has 36 heavy (non-hydrogen) atoms. The number of hydrogen-bond donors (Lipinski definition) is 1. The molecule has 1 aliphatic heterocycles. The largest absolute Gasteiger partial charge is 0.507 e. The maximum Gasteiger partial charge on any atom is 0.338 e. The Labute approximate surface area is 218 Å². The zero-order valence-electron chi connectivity index (χ0n) is 19.6. The molecule has 0 spiro atoms. The molecule has 1 atom stereocenters. The summed E-state index contributed by atoms with van der Waals surface area (Å²) in [7, 11) is 0. The molecule has 1 saturated heterocycles. The van der Waals surface area contributed by atoms with Crippen LogP contribution in [0.3, 0.4) is 0 Å². The first-order chi connectivity index (χ1) is 17.2. The van der Waals surface area contributed by atoms with Crippen LogP contribution in [-0.4, -0.2) is 34.3 Å².